The zero-order chi connectivity index (χ0) is 22.6. The fraction of sp³-hybridized carbons (Fsp3) is 0.560. The molecule has 1 aliphatic carbocycles. The summed E-state index contributed by atoms with van der Waals surface area (Å²) in [6.07, 6.45) is 5.28. The van der Waals surface area contributed by atoms with E-state index in [1.54, 1.807) is 9.58 Å². The van der Waals surface area contributed by atoms with Crippen molar-refractivity contribution < 1.29 is 9.59 Å². The number of aryl methyl sites for hydroxylation is 1. The second-order valence-electron chi connectivity index (χ2n) is 9.65. The number of carbonyl (C=O) groups excluding carboxylic acids is 2. The number of anilines is 1. The van der Waals surface area contributed by atoms with Crippen molar-refractivity contribution in [3.05, 3.63) is 41.6 Å². The fourth-order valence-electron chi connectivity index (χ4n) is 4.10. The highest BCUT2D eigenvalue weighted by Crippen LogP contribution is 2.27. The van der Waals surface area contributed by atoms with E-state index in [0.29, 0.717) is 12.4 Å². The van der Waals surface area contributed by atoms with Crippen LogP contribution in [0.25, 0.3) is 5.69 Å². The highest BCUT2D eigenvalue weighted by atomic mass is 16.2. The van der Waals surface area contributed by atoms with Crippen molar-refractivity contribution in [2.24, 2.45) is 5.92 Å². The number of aromatic nitrogens is 2. The van der Waals surface area contributed by atoms with E-state index in [1.807, 2.05) is 44.2 Å². The SMILES string of the molecule is CCN(CC(=O)Nc1cc(C(C)(C)C)nn1-c1cccc(C)c1)C(=O)C1CCCCC1. The molecule has 0 bridgehead atoms. The largest absolute Gasteiger partial charge is 0.333 e. The van der Waals surface area contributed by atoms with Crippen molar-refractivity contribution in [3.8, 4) is 5.69 Å². The van der Waals surface area contributed by atoms with Crippen LogP contribution in [0.2, 0.25) is 0 Å². The van der Waals surface area contributed by atoms with Gasteiger partial charge >= 0.3 is 0 Å². The maximum atomic E-state index is 12.9. The molecule has 6 heteroatoms. The summed E-state index contributed by atoms with van der Waals surface area (Å²) in [4.78, 5) is 27.5. The summed E-state index contributed by atoms with van der Waals surface area (Å²) in [6, 6.07) is 9.97. The van der Waals surface area contributed by atoms with Crippen LogP contribution in [0.15, 0.2) is 30.3 Å². The predicted molar refractivity (Wildman–Crippen MR) is 124 cm³/mol. The third kappa shape index (κ3) is 5.75. The van der Waals surface area contributed by atoms with Gasteiger partial charge in [0.05, 0.1) is 17.9 Å². The Balaban J connectivity index is 1.79. The third-order valence-electron chi connectivity index (χ3n) is 5.97. The van der Waals surface area contributed by atoms with Crippen LogP contribution in [-0.4, -0.2) is 39.6 Å². The number of amides is 2. The molecule has 168 valence electrons. The molecule has 1 aromatic carbocycles. The molecule has 0 unspecified atom stereocenters. The Morgan fingerprint density at radius 3 is 2.48 bits per heavy atom. The Labute approximate surface area is 186 Å². The minimum Gasteiger partial charge on any atom is -0.333 e. The first-order valence-corrected chi connectivity index (χ1v) is 11.4. The van der Waals surface area contributed by atoms with Gasteiger partial charge in [-0.05, 0) is 44.4 Å². The smallest absolute Gasteiger partial charge is 0.245 e. The van der Waals surface area contributed by atoms with Crippen molar-refractivity contribution in [1.29, 1.82) is 0 Å². The van der Waals surface area contributed by atoms with Gasteiger partial charge in [-0.1, -0.05) is 52.2 Å². The maximum absolute atomic E-state index is 12.9. The molecular formula is C25H36N4O2. The highest BCUT2D eigenvalue weighted by molar-refractivity contribution is 5.94. The molecule has 1 saturated carbocycles. The van der Waals surface area contributed by atoms with Gasteiger partial charge in [0, 0.05) is 23.9 Å². The van der Waals surface area contributed by atoms with Crippen LogP contribution in [0.5, 0.6) is 0 Å². The Morgan fingerprint density at radius 2 is 1.87 bits per heavy atom. The molecule has 1 N–H and O–H groups in total. The van der Waals surface area contributed by atoms with Crippen LogP contribution < -0.4 is 5.32 Å². The Morgan fingerprint density at radius 1 is 1.16 bits per heavy atom. The maximum Gasteiger partial charge on any atom is 0.245 e. The van der Waals surface area contributed by atoms with Gasteiger partial charge < -0.3 is 10.2 Å². The van der Waals surface area contributed by atoms with E-state index in [-0.39, 0.29) is 29.7 Å². The number of rotatable bonds is 6. The lowest BCUT2D eigenvalue weighted by Gasteiger charge is -2.28. The van der Waals surface area contributed by atoms with E-state index in [4.69, 9.17) is 5.10 Å². The van der Waals surface area contributed by atoms with E-state index in [0.717, 1.165) is 42.6 Å². The summed E-state index contributed by atoms with van der Waals surface area (Å²) in [7, 11) is 0. The first-order chi connectivity index (χ1) is 14.7. The van der Waals surface area contributed by atoms with Gasteiger partial charge in [0.2, 0.25) is 11.8 Å². The normalized spacial score (nSPS) is 15.0. The average Bonchev–Trinajstić information content (AvgIpc) is 3.16. The number of likely N-dealkylation sites (N-methyl/N-ethyl adjacent to an activating group) is 1. The molecule has 31 heavy (non-hydrogen) atoms. The van der Waals surface area contributed by atoms with Gasteiger partial charge in [-0.25, -0.2) is 4.68 Å². The van der Waals surface area contributed by atoms with E-state index in [9.17, 15) is 9.59 Å². The monoisotopic (exact) mass is 424 g/mol. The highest BCUT2D eigenvalue weighted by Gasteiger charge is 2.27. The number of hydrogen-bond acceptors (Lipinski definition) is 3. The van der Waals surface area contributed by atoms with Crippen molar-refractivity contribution in [3.63, 3.8) is 0 Å². The van der Waals surface area contributed by atoms with Crippen LogP contribution in [0, 0.1) is 12.8 Å². The summed E-state index contributed by atoms with van der Waals surface area (Å²) < 4.78 is 1.78. The average molecular weight is 425 g/mol. The van der Waals surface area contributed by atoms with Gasteiger partial charge in [0.15, 0.2) is 0 Å². The fourth-order valence-corrected chi connectivity index (χ4v) is 4.10. The van der Waals surface area contributed by atoms with Gasteiger partial charge in [-0.3, -0.25) is 9.59 Å². The number of carbonyl (C=O) groups is 2. The van der Waals surface area contributed by atoms with Gasteiger partial charge in [0.1, 0.15) is 5.82 Å². The molecule has 3 rings (SSSR count). The molecule has 1 aliphatic rings. The molecule has 0 aliphatic heterocycles. The number of nitrogens with one attached hydrogen (secondary N) is 1. The lowest BCUT2D eigenvalue weighted by molar-refractivity contribution is -0.139. The predicted octanol–water partition coefficient (Wildman–Crippen LogP) is 4.85. The molecule has 0 atom stereocenters. The Kier molecular flexibility index (Phi) is 7.19. The molecule has 1 heterocycles. The first-order valence-electron chi connectivity index (χ1n) is 11.4. The van der Waals surface area contributed by atoms with Gasteiger partial charge in [0.25, 0.3) is 0 Å². The summed E-state index contributed by atoms with van der Waals surface area (Å²) in [6.45, 7) is 10.9. The van der Waals surface area contributed by atoms with Crippen molar-refractivity contribution >= 4 is 17.6 Å². The van der Waals surface area contributed by atoms with E-state index >= 15 is 0 Å². The number of hydrogen-bond donors (Lipinski definition) is 1. The zero-order valence-electron chi connectivity index (χ0n) is 19.6. The molecular weight excluding hydrogens is 388 g/mol. The zero-order valence-corrected chi connectivity index (χ0v) is 19.6. The topological polar surface area (TPSA) is 67.2 Å². The molecule has 0 saturated heterocycles. The second kappa shape index (κ2) is 9.67. The molecule has 2 aromatic rings. The summed E-state index contributed by atoms with van der Waals surface area (Å²) in [5.41, 5.74) is 2.77. The molecule has 0 spiro atoms. The number of nitrogens with zero attached hydrogens (tertiary/aromatic N) is 3. The Bertz CT molecular complexity index is 920. The molecule has 1 aromatic heterocycles. The quantitative estimate of drug-likeness (QED) is 0.721. The van der Waals surface area contributed by atoms with Crippen molar-refractivity contribution in [2.45, 2.75) is 72.1 Å². The summed E-state index contributed by atoms with van der Waals surface area (Å²) in [5.74, 6) is 0.605. The minimum atomic E-state index is -0.194. The standard InChI is InChI=1S/C25H36N4O2/c1-6-28(24(31)19-12-8-7-9-13-19)17-23(30)26-22-16-21(25(3,4)5)27-29(22)20-14-10-11-18(2)15-20/h10-11,14-16,19H,6-9,12-13,17H2,1-5H3,(H,26,30). The minimum absolute atomic E-state index is 0.0619. The lowest BCUT2D eigenvalue weighted by atomic mass is 9.88. The summed E-state index contributed by atoms with van der Waals surface area (Å²) >= 11 is 0. The molecule has 1 fully saturated rings. The third-order valence-corrected chi connectivity index (χ3v) is 5.97. The van der Waals surface area contributed by atoms with Gasteiger partial charge in [-0.15, -0.1) is 0 Å². The van der Waals surface area contributed by atoms with Crippen molar-refractivity contribution in [1.82, 2.24) is 14.7 Å². The lowest BCUT2D eigenvalue weighted by Crippen LogP contribution is -2.41. The van der Waals surface area contributed by atoms with Crippen LogP contribution in [-0.2, 0) is 15.0 Å². The second-order valence-corrected chi connectivity index (χ2v) is 9.65. The summed E-state index contributed by atoms with van der Waals surface area (Å²) in [5, 5.41) is 7.79. The van der Waals surface area contributed by atoms with Crippen LogP contribution >= 0.6 is 0 Å². The molecule has 6 nitrogen and oxygen atoms in total. The Hall–Kier alpha value is -2.63. The van der Waals surface area contributed by atoms with Crippen LogP contribution in [0.1, 0.15) is 71.1 Å². The molecule has 2 amide bonds. The first kappa shape index (κ1) is 23.0. The van der Waals surface area contributed by atoms with Crippen LogP contribution in [0.3, 0.4) is 0 Å². The van der Waals surface area contributed by atoms with E-state index in [2.05, 4.69) is 26.1 Å². The van der Waals surface area contributed by atoms with E-state index < -0.39 is 0 Å². The number of benzene rings is 1. The van der Waals surface area contributed by atoms with Crippen LogP contribution in [0.4, 0.5) is 5.82 Å². The van der Waals surface area contributed by atoms with Gasteiger partial charge in [-0.2, -0.15) is 5.10 Å². The molecule has 0 radical (unpaired) electrons. The van der Waals surface area contributed by atoms with E-state index in [1.165, 1.54) is 6.42 Å². The van der Waals surface area contributed by atoms with Crippen molar-refractivity contribution in [2.75, 3.05) is 18.4 Å².